The van der Waals surface area contributed by atoms with Gasteiger partial charge < -0.3 is 25.1 Å². The number of nitrogens with one attached hydrogen (secondary N) is 2. The van der Waals surface area contributed by atoms with E-state index in [0.717, 1.165) is 23.2 Å². The lowest BCUT2D eigenvalue weighted by Crippen LogP contribution is -2.34. The maximum Gasteiger partial charge on any atom is 0.253 e. The molecule has 10 heteroatoms. The van der Waals surface area contributed by atoms with E-state index in [0.29, 0.717) is 29.4 Å². The Balaban J connectivity index is 1.46. The summed E-state index contributed by atoms with van der Waals surface area (Å²) >= 11 is 0. The van der Waals surface area contributed by atoms with Crippen molar-refractivity contribution in [1.82, 2.24) is 25.1 Å². The van der Waals surface area contributed by atoms with E-state index in [1.807, 2.05) is 48.5 Å². The average molecular weight is 457 g/mol. The van der Waals surface area contributed by atoms with E-state index in [1.165, 1.54) is 6.39 Å². The third-order valence-electron chi connectivity index (χ3n) is 5.73. The maximum absolute atomic E-state index is 12.4. The molecule has 3 heterocycles. The van der Waals surface area contributed by atoms with Crippen molar-refractivity contribution in [2.45, 2.75) is 12.5 Å². The summed E-state index contributed by atoms with van der Waals surface area (Å²) in [6.07, 6.45) is 3.60. The van der Waals surface area contributed by atoms with E-state index in [9.17, 15) is 9.90 Å². The lowest BCUT2D eigenvalue weighted by Gasteiger charge is -2.25. The van der Waals surface area contributed by atoms with Gasteiger partial charge in [-0.1, -0.05) is 30.3 Å². The molecule has 1 atom stereocenters. The molecule has 1 aliphatic heterocycles. The van der Waals surface area contributed by atoms with E-state index in [1.54, 1.807) is 18.1 Å². The molecular formula is C24H23N7O3. The second-order valence-corrected chi connectivity index (χ2v) is 7.96. The standard InChI is InChI=1S/C24H23N7O3/c1-31-10-9-16-11-17(7-8-18(16)23(31)33)27-24-25-12-19(22-30-26-14-34-22)21(29-24)28-20(13-32)15-5-3-2-4-6-15/h2-8,11-12,14,20,32H,9-10,13H2,1H3,(H2,25,27,28,29)/t20-/m1/s1. The average Bonchev–Trinajstić information content (AvgIpc) is 3.40. The molecule has 10 nitrogen and oxygen atoms in total. The van der Waals surface area contributed by atoms with Crippen molar-refractivity contribution < 1.29 is 14.3 Å². The van der Waals surface area contributed by atoms with Crippen LogP contribution in [0.3, 0.4) is 0 Å². The number of rotatable bonds is 7. The van der Waals surface area contributed by atoms with E-state index in [2.05, 4.69) is 30.8 Å². The van der Waals surface area contributed by atoms with Crippen molar-refractivity contribution >= 4 is 23.4 Å². The van der Waals surface area contributed by atoms with E-state index < -0.39 is 6.04 Å². The number of aliphatic hydroxyl groups is 1. The van der Waals surface area contributed by atoms with Gasteiger partial charge in [0.1, 0.15) is 5.82 Å². The zero-order valence-corrected chi connectivity index (χ0v) is 18.5. The molecule has 0 unspecified atom stereocenters. The van der Waals surface area contributed by atoms with Crippen molar-refractivity contribution in [2.24, 2.45) is 0 Å². The zero-order chi connectivity index (χ0) is 23.5. The Labute approximate surface area is 195 Å². The summed E-state index contributed by atoms with van der Waals surface area (Å²) in [5, 5.41) is 24.2. The van der Waals surface area contributed by atoms with Crippen LogP contribution in [0.5, 0.6) is 0 Å². The number of carbonyl (C=O) groups is 1. The highest BCUT2D eigenvalue weighted by Crippen LogP contribution is 2.30. The summed E-state index contributed by atoms with van der Waals surface area (Å²) in [5.41, 5.74) is 3.88. The first kappa shape index (κ1) is 21.5. The largest absolute Gasteiger partial charge is 0.423 e. The van der Waals surface area contributed by atoms with Gasteiger partial charge in [-0.3, -0.25) is 4.79 Å². The van der Waals surface area contributed by atoms with Gasteiger partial charge in [-0.15, -0.1) is 10.2 Å². The molecule has 2 aromatic carbocycles. The summed E-state index contributed by atoms with van der Waals surface area (Å²) in [6.45, 7) is 0.536. The van der Waals surface area contributed by atoms with Crippen LogP contribution in [0.2, 0.25) is 0 Å². The molecule has 0 saturated heterocycles. The van der Waals surface area contributed by atoms with Gasteiger partial charge in [0.2, 0.25) is 12.3 Å². The number of aromatic nitrogens is 4. The van der Waals surface area contributed by atoms with Gasteiger partial charge in [0.25, 0.3) is 11.8 Å². The molecule has 0 spiro atoms. The Bertz CT molecular complexity index is 1300. The zero-order valence-electron chi connectivity index (χ0n) is 18.5. The summed E-state index contributed by atoms with van der Waals surface area (Å²) < 4.78 is 5.36. The predicted molar refractivity (Wildman–Crippen MR) is 126 cm³/mol. The fourth-order valence-corrected chi connectivity index (χ4v) is 3.90. The molecule has 0 saturated carbocycles. The van der Waals surface area contributed by atoms with E-state index >= 15 is 0 Å². The van der Waals surface area contributed by atoms with Gasteiger partial charge in [0.15, 0.2) is 0 Å². The smallest absolute Gasteiger partial charge is 0.253 e. The molecular weight excluding hydrogens is 434 g/mol. The van der Waals surface area contributed by atoms with Crippen LogP contribution in [0.1, 0.15) is 27.5 Å². The maximum atomic E-state index is 12.4. The highest BCUT2D eigenvalue weighted by molar-refractivity contribution is 5.97. The van der Waals surface area contributed by atoms with Crippen molar-refractivity contribution in [2.75, 3.05) is 30.8 Å². The molecule has 1 amide bonds. The van der Waals surface area contributed by atoms with Gasteiger partial charge in [0.05, 0.1) is 18.2 Å². The summed E-state index contributed by atoms with van der Waals surface area (Å²) in [7, 11) is 1.81. The fourth-order valence-electron chi connectivity index (χ4n) is 3.90. The molecule has 4 aromatic rings. The Morgan fingerprint density at radius 3 is 2.79 bits per heavy atom. The summed E-state index contributed by atoms with van der Waals surface area (Å²) in [5.74, 6) is 1.06. The number of anilines is 3. The van der Waals surface area contributed by atoms with Crippen LogP contribution in [0.15, 0.2) is 65.5 Å². The second-order valence-electron chi connectivity index (χ2n) is 7.96. The number of fused-ring (bicyclic) bond motifs is 1. The molecule has 2 aromatic heterocycles. The number of benzene rings is 2. The molecule has 0 bridgehead atoms. The quantitative estimate of drug-likeness (QED) is 0.383. The SMILES string of the molecule is CN1CCc2cc(Nc3ncc(-c4nnco4)c(N[C@H](CO)c4ccccc4)n3)ccc2C1=O. The number of amides is 1. The fraction of sp³-hybridized carbons (Fsp3) is 0.208. The lowest BCUT2D eigenvalue weighted by atomic mass is 9.99. The molecule has 3 N–H and O–H groups in total. The molecule has 5 rings (SSSR count). The summed E-state index contributed by atoms with van der Waals surface area (Å²) in [4.78, 5) is 23.1. The normalized spacial score (nSPS) is 13.9. The van der Waals surface area contributed by atoms with Crippen LogP contribution in [-0.4, -0.2) is 56.3 Å². The number of likely N-dealkylation sites (N-methyl/N-ethyl adjacent to an activating group) is 1. The number of carbonyl (C=O) groups excluding carboxylic acids is 1. The molecule has 1 aliphatic rings. The number of aliphatic hydroxyl groups excluding tert-OH is 1. The van der Waals surface area contributed by atoms with Gasteiger partial charge in [-0.2, -0.15) is 4.98 Å². The third-order valence-corrected chi connectivity index (χ3v) is 5.73. The lowest BCUT2D eigenvalue weighted by molar-refractivity contribution is 0.0781. The Hall–Kier alpha value is -4.31. The predicted octanol–water partition coefficient (Wildman–Crippen LogP) is 3.04. The highest BCUT2D eigenvalue weighted by Gasteiger charge is 2.22. The Kier molecular flexibility index (Phi) is 5.88. The van der Waals surface area contributed by atoms with Crippen molar-refractivity contribution in [3.63, 3.8) is 0 Å². The number of hydrogen-bond donors (Lipinski definition) is 3. The van der Waals surface area contributed by atoms with Crippen molar-refractivity contribution in [3.8, 4) is 11.5 Å². The van der Waals surface area contributed by atoms with Crippen LogP contribution in [0, 0.1) is 0 Å². The van der Waals surface area contributed by atoms with Crippen LogP contribution in [-0.2, 0) is 6.42 Å². The van der Waals surface area contributed by atoms with Crippen molar-refractivity contribution in [3.05, 3.63) is 77.8 Å². The first-order chi connectivity index (χ1) is 16.6. The Morgan fingerprint density at radius 2 is 2.03 bits per heavy atom. The Morgan fingerprint density at radius 1 is 1.18 bits per heavy atom. The first-order valence-electron chi connectivity index (χ1n) is 10.8. The van der Waals surface area contributed by atoms with Gasteiger partial charge in [0, 0.05) is 31.0 Å². The van der Waals surface area contributed by atoms with E-state index in [-0.39, 0.29) is 18.4 Å². The minimum Gasteiger partial charge on any atom is -0.423 e. The summed E-state index contributed by atoms with van der Waals surface area (Å²) in [6, 6.07) is 14.8. The number of nitrogens with zero attached hydrogens (tertiary/aromatic N) is 5. The highest BCUT2D eigenvalue weighted by atomic mass is 16.4. The van der Waals surface area contributed by atoms with Crippen LogP contribution in [0.4, 0.5) is 17.5 Å². The molecule has 172 valence electrons. The van der Waals surface area contributed by atoms with Crippen LogP contribution < -0.4 is 10.6 Å². The minimum absolute atomic E-state index is 0.0235. The van der Waals surface area contributed by atoms with Gasteiger partial charge >= 0.3 is 0 Å². The second kappa shape index (κ2) is 9.28. The van der Waals surface area contributed by atoms with Gasteiger partial charge in [-0.05, 0) is 35.7 Å². The minimum atomic E-state index is -0.405. The first-order valence-corrected chi connectivity index (χ1v) is 10.8. The molecule has 0 fully saturated rings. The van der Waals surface area contributed by atoms with Crippen LogP contribution >= 0.6 is 0 Å². The molecule has 0 aliphatic carbocycles. The van der Waals surface area contributed by atoms with Crippen LogP contribution in [0.25, 0.3) is 11.5 Å². The molecule has 34 heavy (non-hydrogen) atoms. The molecule has 0 radical (unpaired) electrons. The number of hydrogen-bond acceptors (Lipinski definition) is 9. The van der Waals surface area contributed by atoms with Gasteiger partial charge in [-0.25, -0.2) is 4.98 Å². The van der Waals surface area contributed by atoms with Crippen molar-refractivity contribution in [1.29, 1.82) is 0 Å². The monoisotopic (exact) mass is 457 g/mol. The van der Waals surface area contributed by atoms with E-state index in [4.69, 9.17) is 4.42 Å². The third kappa shape index (κ3) is 4.30. The topological polar surface area (TPSA) is 129 Å².